The molecule has 72 valence electrons. The van der Waals surface area contributed by atoms with Crippen molar-refractivity contribution < 1.29 is 0 Å². The Kier molecular flexibility index (Phi) is 2.52. The molecule has 2 fully saturated rings. The molecule has 2 aliphatic rings. The van der Waals surface area contributed by atoms with Crippen molar-refractivity contribution >= 4 is 0 Å². The van der Waals surface area contributed by atoms with Crippen LogP contribution in [0.4, 0.5) is 0 Å². The number of piperazine rings is 1. The Morgan fingerprint density at radius 1 is 1.31 bits per heavy atom. The first-order valence-corrected chi connectivity index (χ1v) is 5.15. The molecule has 1 aliphatic carbocycles. The molecule has 0 aromatic heterocycles. The molecule has 1 aliphatic heterocycles. The second kappa shape index (κ2) is 3.65. The van der Waals surface area contributed by atoms with Gasteiger partial charge in [-0.3, -0.25) is 9.80 Å². The maximum absolute atomic E-state index is 8.93. The third kappa shape index (κ3) is 1.70. The first-order valence-electron chi connectivity index (χ1n) is 5.15. The summed E-state index contributed by atoms with van der Waals surface area (Å²) in [5, 5.41) is 8.93. The summed E-state index contributed by atoms with van der Waals surface area (Å²) in [5.41, 5.74) is 0. The zero-order valence-electron chi connectivity index (χ0n) is 8.24. The van der Waals surface area contributed by atoms with Gasteiger partial charge in [0.15, 0.2) is 0 Å². The van der Waals surface area contributed by atoms with Crippen LogP contribution in [0.1, 0.15) is 19.3 Å². The van der Waals surface area contributed by atoms with Gasteiger partial charge in [0, 0.05) is 25.7 Å². The fourth-order valence-electron chi connectivity index (χ4n) is 2.12. The van der Waals surface area contributed by atoms with Crippen LogP contribution >= 0.6 is 0 Å². The Hall–Kier alpha value is -0.590. The van der Waals surface area contributed by atoms with E-state index in [0.29, 0.717) is 0 Å². The third-order valence-electron chi connectivity index (χ3n) is 3.42. The van der Waals surface area contributed by atoms with Crippen LogP contribution in [-0.4, -0.2) is 48.6 Å². The SMILES string of the molecule is CN1CCN(C2CCC2)CC1C#N. The molecule has 1 heterocycles. The number of hydrogen-bond acceptors (Lipinski definition) is 3. The fraction of sp³-hybridized carbons (Fsp3) is 0.900. The van der Waals surface area contributed by atoms with E-state index in [4.69, 9.17) is 5.26 Å². The highest BCUT2D eigenvalue weighted by Gasteiger charge is 2.31. The molecule has 2 rings (SSSR count). The van der Waals surface area contributed by atoms with E-state index in [2.05, 4.69) is 15.9 Å². The van der Waals surface area contributed by atoms with Crippen LogP contribution in [0.5, 0.6) is 0 Å². The summed E-state index contributed by atoms with van der Waals surface area (Å²) in [4.78, 5) is 4.66. The van der Waals surface area contributed by atoms with Crippen molar-refractivity contribution in [3.05, 3.63) is 0 Å². The first kappa shape index (κ1) is 8.98. The van der Waals surface area contributed by atoms with Crippen molar-refractivity contribution in [2.75, 3.05) is 26.7 Å². The fourth-order valence-corrected chi connectivity index (χ4v) is 2.12. The summed E-state index contributed by atoms with van der Waals surface area (Å²) in [6.45, 7) is 3.16. The quantitative estimate of drug-likeness (QED) is 0.593. The molecule has 3 heteroatoms. The van der Waals surface area contributed by atoms with E-state index in [9.17, 15) is 0 Å². The molecule has 0 bridgehead atoms. The van der Waals surface area contributed by atoms with E-state index in [1.54, 1.807) is 0 Å². The molecule has 3 nitrogen and oxygen atoms in total. The number of likely N-dealkylation sites (N-methyl/N-ethyl adjacent to an activating group) is 1. The van der Waals surface area contributed by atoms with Crippen LogP contribution in [0.2, 0.25) is 0 Å². The van der Waals surface area contributed by atoms with Crippen LogP contribution in [0, 0.1) is 11.3 Å². The summed E-state index contributed by atoms with van der Waals surface area (Å²) in [7, 11) is 2.05. The molecule has 0 aromatic rings. The largest absolute Gasteiger partial charge is 0.296 e. The van der Waals surface area contributed by atoms with Crippen molar-refractivity contribution in [3.8, 4) is 6.07 Å². The van der Waals surface area contributed by atoms with Gasteiger partial charge in [-0.15, -0.1) is 0 Å². The van der Waals surface area contributed by atoms with Gasteiger partial charge in [0.2, 0.25) is 0 Å². The molecule has 0 aromatic carbocycles. The summed E-state index contributed by atoms with van der Waals surface area (Å²) >= 11 is 0. The number of hydrogen-bond donors (Lipinski definition) is 0. The maximum atomic E-state index is 8.93. The number of nitrogens with zero attached hydrogens (tertiary/aromatic N) is 3. The molecule has 13 heavy (non-hydrogen) atoms. The van der Waals surface area contributed by atoms with Gasteiger partial charge in [0.05, 0.1) is 6.07 Å². The van der Waals surface area contributed by atoms with Crippen molar-refractivity contribution in [3.63, 3.8) is 0 Å². The number of nitriles is 1. The minimum absolute atomic E-state index is 0.120. The van der Waals surface area contributed by atoms with Gasteiger partial charge in [-0.05, 0) is 19.9 Å². The van der Waals surface area contributed by atoms with Crippen molar-refractivity contribution in [2.24, 2.45) is 0 Å². The number of rotatable bonds is 1. The molecule has 1 atom stereocenters. The lowest BCUT2D eigenvalue weighted by atomic mass is 9.90. The summed E-state index contributed by atoms with van der Waals surface area (Å²) in [6.07, 6.45) is 4.08. The van der Waals surface area contributed by atoms with Gasteiger partial charge in [-0.2, -0.15) is 5.26 Å². The Balaban J connectivity index is 1.90. The summed E-state index contributed by atoms with van der Waals surface area (Å²) < 4.78 is 0. The second-order valence-electron chi connectivity index (χ2n) is 4.21. The Bertz CT molecular complexity index is 217. The van der Waals surface area contributed by atoms with Gasteiger partial charge in [0.1, 0.15) is 6.04 Å². The predicted molar refractivity (Wildman–Crippen MR) is 51.2 cm³/mol. The minimum atomic E-state index is 0.120. The minimum Gasteiger partial charge on any atom is -0.296 e. The molecule has 1 saturated heterocycles. The van der Waals surface area contributed by atoms with Gasteiger partial charge >= 0.3 is 0 Å². The van der Waals surface area contributed by atoms with Crippen molar-refractivity contribution in [1.82, 2.24) is 9.80 Å². The normalized spacial score (nSPS) is 32.5. The van der Waals surface area contributed by atoms with E-state index in [1.807, 2.05) is 7.05 Å². The van der Waals surface area contributed by atoms with Gasteiger partial charge < -0.3 is 0 Å². The lowest BCUT2D eigenvalue weighted by Crippen LogP contribution is -2.55. The highest BCUT2D eigenvalue weighted by Crippen LogP contribution is 2.26. The summed E-state index contributed by atoms with van der Waals surface area (Å²) in [5.74, 6) is 0. The molecule has 1 unspecified atom stereocenters. The van der Waals surface area contributed by atoms with E-state index >= 15 is 0 Å². The van der Waals surface area contributed by atoms with E-state index in [0.717, 1.165) is 25.7 Å². The Morgan fingerprint density at radius 3 is 2.62 bits per heavy atom. The zero-order valence-corrected chi connectivity index (χ0v) is 8.24. The molecule has 0 amide bonds. The van der Waals surface area contributed by atoms with E-state index in [1.165, 1.54) is 19.3 Å². The van der Waals surface area contributed by atoms with Crippen LogP contribution in [0.25, 0.3) is 0 Å². The van der Waals surface area contributed by atoms with E-state index in [-0.39, 0.29) is 6.04 Å². The topological polar surface area (TPSA) is 30.3 Å². The van der Waals surface area contributed by atoms with Crippen LogP contribution in [0.15, 0.2) is 0 Å². The maximum Gasteiger partial charge on any atom is 0.110 e. The second-order valence-corrected chi connectivity index (χ2v) is 4.21. The highest BCUT2D eigenvalue weighted by molar-refractivity contribution is 4.98. The lowest BCUT2D eigenvalue weighted by molar-refractivity contribution is 0.0531. The van der Waals surface area contributed by atoms with Crippen LogP contribution in [-0.2, 0) is 0 Å². The molecule has 0 spiro atoms. The van der Waals surface area contributed by atoms with Gasteiger partial charge in [-0.1, -0.05) is 6.42 Å². The molecular weight excluding hydrogens is 162 g/mol. The molecule has 0 N–H and O–H groups in total. The molecule has 0 radical (unpaired) electrons. The monoisotopic (exact) mass is 179 g/mol. The Labute approximate surface area is 79.9 Å². The average Bonchev–Trinajstić information content (AvgIpc) is 2.05. The van der Waals surface area contributed by atoms with Crippen molar-refractivity contribution in [2.45, 2.75) is 31.3 Å². The summed E-state index contributed by atoms with van der Waals surface area (Å²) in [6, 6.07) is 3.29. The third-order valence-corrected chi connectivity index (χ3v) is 3.42. The van der Waals surface area contributed by atoms with E-state index < -0.39 is 0 Å². The lowest BCUT2D eigenvalue weighted by Gasteiger charge is -2.43. The van der Waals surface area contributed by atoms with Crippen LogP contribution in [0.3, 0.4) is 0 Å². The average molecular weight is 179 g/mol. The highest BCUT2D eigenvalue weighted by atomic mass is 15.3. The van der Waals surface area contributed by atoms with Gasteiger partial charge in [-0.25, -0.2) is 0 Å². The zero-order chi connectivity index (χ0) is 9.26. The van der Waals surface area contributed by atoms with Gasteiger partial charge in [0.25, 0.3) is 0 Å². The standard InChI is InChI=1S/C10H17N3/c1-12-5-6-13(8-10(12)7-11)9-3-2-4-9/h9-10H,2-6,8H2,1H3. The molecule has 1 saturated carbocycles. The Morgan fingerprint density at radius 2 is 2.08 bits per heavy atom. The van der Waals surface area contributed by atoms with Crippen molar-refractivity contribution in [1.29, 1.82) is 5.26 Å². The first-order chi connectivity index (χ1) is 6.31. The smallest absolute Gasteiger partial charge is 0.110 e. The van der Waals surface area contributed by atoms with Crippen LogP contribution < -0.4 is 0 Å². The predicted octanol–water partition coefficient (Wildman–Crippen LogP) is 0.678. The molecular formula is C10H17N3.